The molecule has 2 unspecified atom stereocenters. The molecule has 0 aromatic carbocycles. The number of anilines is 1. The van der Waals surface area contributed by atoms with Crippen molar-refractivity contribution in [1.82, 2.24) is 9.55 Å². The predicted octanol–water partition coefficient (Wildman–Crippen LogP) is 1.02. The zero-order valence-electron chi connectivity index (χ0n) is 9.59. The van der Waals surface area contributed by atoms with Gasteiger partial charge in [0.15, 0.2) is 5.82 Å². The van der Waals surface area contributed by atoms with Crippen molar-refractivity contribution < 1.29 is 0 Å². The molecule has 4 heteroatoms. The van der Waals surface area contributed by atoms with Gasteiger partial charge in [0.05, 0.1) is 0 Å². The third-order valence-electron chi connectivity index (χ3n) is 4.02. The summed E-state index contributed by atoms with van der Waals surface area (Å²) in [6.07, 6.45) is 7.44. The Morgan fingerprint density at radius 1 is 1.31 bits per heavy atom. The fourth-order valence-electron chi connectivity index (χ4n) is 3.11. The third-order valence-corrected chi connectivity index (χ3v) is 4.02. The standard InChI is InChI=1S/C12H17N3O/c1-14-6-5-13-11(12(14)16)15-7-9-3-2-4-10(9)8-15/h5-6,9-10H,2-4,7-8H2,1H3. The molecule has 1 saturated carbocycles. The van der Waals surface area contributed by atoms with Gasteiger partial charge >= 0.3 is 0 Å². The third kappa shape index (κ3) is 1.44. The van der Waals surface area contributed by atoms with Gasteiger partial charge in [-0.25, -0.2) is 4.98 Å². The van der Waals surface area contributed by atoms with Crippen molar-refractivity contribution in [2.24, 2.45) is 18.9 Å². The van der Waals surface area contributed by atoms with Crippen LogP contribution < -0.4 is 10.5 Å². The molecular weight excluding hydrogens is 202 g/mol. The summed E-state index contributed by atoms with van der Waals surface area (Å²) in [5.41, 5.74) is 0.0301. The lowest BCUT2D eigenvalue weighted by Crippen LogP contribution is -2.31. The van der Waals surface area contributed by atoms with Crippen LogP contribution in [-0.2, 0) is 7.05 Å². The number of aryl methyl sites for hydroxylation is 1. The van der Waals surface area contributed by atoms with E-state index in [-0.39, 0.29) is 5.56 Å². The predicted molar refractivity (Wildman–Crippen MR) is 62.5 cm³/mol. The molecule has 1 aliphatic heterocycles. The molecule has 16 heavy (non-hydrogen) atoms. The lowest BCUT2D eigenvalue weighted by molar-refractivity contribution is 0.494. The van der Waals surface area contributed by atoms with Crippen molar-refractivity contribution in [3.8, 4) is 0 Å². The fraction of sp³-hybridized carbons (Fsp3) is 0.667. The van der Waals surface area contributed by atoms with E-state index in [4.69, 9.17) is 0 Å². The van der Waals surface area contributed by atoms with Gasteiger partial charge in [-0.15, -0.1) is 0 Å². The van der Waals surface area contributed by atoms with Crippen LogP contribution in [0.15, 0.2) is 17.2 Å². The van der Waals surface area contributed by atoms with Crippen molar-refractivity contribution >= 4 is 5.82 Å². The molecule has 86 valence electrons. The summed E-state index contributed by atoms with van der Waals surface area (Å²) in [5.74, 6) is 2.23. The molecule has 0 spiro atoms. The van der Waals surface area contributed by atoms with Crippen LogP contribution in [0.4, 0.5) is 5.82 Å². The van der Waals surface area contributed by atoms with E-state index in [2.05, 4.69) is 9.88 Å². The lowest BCUT2D eigenvalue weighted by atomic mass is 10.0. The second-order valence-corrected chi connectivity index (χ2v) is 5.02. The van der Waals surface area contributed by atoms with E-state index in [0.717, 1.165) is 24.9 Å². The van der Waals surface area contributed by atoms with Crippen LogP contribution >= 0.6 is 0 Å². The van der Waals surface area contributed by atoms with E-state index in [1.807, 2.05) is 0 Å². The maximum absolute atomic E-state index is 11.9. The Balaban J connectivity index is 1.89. The summed E-state index contributed by atoms with van der Waals surface area (Å²) < 4.78 is 1.61. The average Bonchev–Trinajstić information content (AvgIpc) is 2.81. The molecule has 1 saturated heterocycles. The van der Waals surface area contributed by atoms with Crippen molar-refractivity contribution in [2.45, 2.75) is 19.3 Å². The van der Waals surface area contributed by atoms with Gasteiger partial charge in [-0.2, -0.15) is 0 Å². The van der Waals surface area contributed by atoms with Gasteiger partial charge in [0.1, 0.15) is 0 Å². The topological polar surface area (TPSA) is 38.1 Å². The van der Waals surface area contributed by atoms with Gasteiger partial charge in [-0.05, 0) is 24.7 Å². The molecule has 0 amide bonds. The van der Waals surface area contributed by atoms with Gasteiger partial charge in [0.2, 0.25) is 0 Å². The molecule has 2 atom stereocenters. The average molecular weight is 219 g/mol. The van der Waals surface area contributed by atoms with E-state index in [9.17, 15) is 4.79 Å². The summed E-state index contributed by atoms with van der Waals surface area (Å²) in [6.45, 7) is 2.05. The molecule has 2 fully saturated rings. The Morgan fingerprint density at radius 2 is 2.00 bits per heavy atom. The summed E-state index contributed by atoms with van der Waals surface area (Å²) in [4.78, 5) is 18.4. The highest BCUT2D eigenvalue weighted by Gasteiger charge is 2.37. The highest BCUT2D eigenvalue weighted by atomic mass is 16.1. The van der Waals surface area contributed by atoms with Crippen molar-refractivity contribution in [3.63, 3.8) is 0 Å². The van der Waals surface area contributed by atoms with Crippen LogP contribution in [0, 0.1) is 11.8 Å². The fourth-order valence-corrected chi connectivity index (χ4v) is 3.11. The van der Waals surface area contributed by atoms with Crippen LogP contribution in [0.3, 0.4) is 0 Å². The first-order valence-electron chi connectivity index (χ1n) is 6.02. The Labute approximate surface area is 94.9 Å². The second-order valence-electron chi connectivity index (χ2n) is 5.02. The minimum atomic E-state index is 0.0301. The lowest BCUT2D eigenvalue weighted by Gasteiger charge is -2.17. The summed E-state index contributed by atoms with van der Waals surface area (Å²) in [5, 5.41) is 0. The van der Waals surface area contributed by atoms with Crippen molar-refractivity contribution in [2.75, 3.05) is 18.0 Å². The number of hydrogen-bond acceptors (Lipinski definition) is 3. The molecule has 0 radical (unpaired) electrons. The molecule has 4 nitrogen and oxygen atoms in total. The Morgan fingerprint density at radius 3 is 2.69 bits per heavy atom. The van der Waals surface area contributed by atoms with Crippen molar-refractivity contribution in [1.29, 1.82) is 0 Å². The smallest absolute Gasteiger partial charge is 0.293 e. The molecule has 1 aromatic rings. The molecule has 2 heterocycles. The monoisotopic (exact) mass is 219 g/mol. The first kappa shape index (κ1) is 9.87. The van der Waals surface area contributed by atoms with Gasteiger partial charge < -0.3 is 9.47 Å². The van der Waals surface area contributed by atoms with Crippen LogP contribution in [0.5, 0.6) is 0 Å². The first-order chi connectivity index (χ1) is 7.75. The SMILES string of the molecule is Cn1ccnc(N2CC3CCCC3C2)c1=O. The quantitative estimate of drug-likeness (QED) is 0.707. The van der Waals surface area contributed by atoms with Crippen LogP contribution in [0.2, 0.25) is 0 Å². The van der Waals surface area contributed by atoms with Crippen LogP contribution in [0.25, 0.3) is 0 Å². The highest BCUT2D eigenvalue weighted by molar-refractivity contribution is 5.37. The normalized spacial score (nSPS) is 28.4. The maximum Gasteiger partial charge on any atom is 0.293 e. The number of hydrogen-bond donors (Lipinski definition) is 0. The van der Waals surface area contributed by atoms with E-state index in [1.54, 1.807) is 24.0 Å². The van der Waals surface area contributed by atoms with Crippen LogP contribution in [0.1, 0.15) is 19.3 Å². The summed E-state index contributed by atoms with van der Waals surface area (Å²) >= 11 is 0. The Hall–Kier alpha value is -1.32. The zero-order valence-corrected chi connectivity index (χ0v) is 9.59. The number of aromatic nitrogens is 2. The van der Waals surface area contributed by atoms with Gasteiger partial charge in [0.25, 0.3) is 5.56 Å². The molecular formula is C12H17N3O. The first-order valence-corrected chi connectivity index (χ1v) is 6.02. The second kappa shape index (κ2) is 3.61. The molecule has 2 aliphatic rings. The minimum Gasteiger partial charge on any atom is -0.351 e. The summed E-state index contributed by atoms with van der Waals surface area (Å²) in [7, 11) is 1.78. The highest BCUT2D eigenvalue weighted by Crippen LogP contribution is 2.38. The number of fused-ring (bicyclic) bond motifs is 1. The largest absolute Gasteiger partial charge is 0.351 e. The molecule has 0 bridgehead atoms. The van der Waals surface area contributed by atoms with Gasteiger partial charge in [-0.3, -0.25) is 4.79 Å². The number of rotatable bonds is 1. The Bertz CT molecular complexity index is 442. The van der Waals surface area contributed by atoms with E-state index < -0.39 is 0 Å². The van der Waals surface area contributed by atoms with E-state index in [1.165, 1.54) is 19.3 Å². The van der Waals surface area contributed by atoms with Crippen LogP contribution in [-0.4, -0.2) is 22.6 Å². The maximum atomic E-state index is 11.9. The summed E-state index contributed by atoms with van der Waals surface area (Å²) in [6, 6.07) is 0. The van der Waals surface area contributed by atoms with Gasteiger partial charge in [0, 0.05) is 32.5 Å². The molecule has 1 aliphatic carbocycles. The van der Waals surface area contributed by atoms with Crippen molar-refractivity contribution in [3.05, 3.63) is 22.7 Å². The Kier molecular flexibility index (Phi) is 2.23. The molecule has 1 aromatic heterocycles. The van der Waals surface area contributed by atoms with Gasteiger partial charge in [-0.1, -0.05) is 6.42 Å². The molecule has 0 N–H and O–H groups in total. The van der Waals surface area contributed by atoms with E-state index in [0.29, 0.717) is 5.82 Å². The van der Waals surface area contributed by atoms with E-state index >= 15 is 0 Å². The molecule has 3 rings (SSSR count). The minimum absolute atomic E-state index is 0.0301. The zero-order chi connectivity index (χ0) is 11.1. The number of nitrogens with zero attached hydrogens (tertiary/aromatic N) is 3.